The van der Waals surface area contributed by atoms with Crippen LogP contribution in [-0.2, 0) is 6.54 Å². The molecule has 0 saturated carbocycles. The Labute approximate surface area is 177 Å². The number of fused-ring (bicyclic) bond motifs is 1. The average Bonchev–Trinajstić information content (AvgIpc) is 3.33. The first-order valence-corrected chi connectivity index (χ1v) is 10.0. The first kappa shape index (κ1) is 19.4. The lowest BCUT2D eigenvalue weighted by Gasteiger charge is -2.34. The maximum Gasteiger partial charge on any atom is 0.259 e. The summed E-state index contributed by atoms with van der Waals surface area (Å²) in [6.45, 7) is 7.91. The Balaban J connectivity index is 1.34. The predicted octanol–water partition coefficient (Wildman–Crippen LogP) is 1.83. The summed E-state index contributed by atoms with van der Waals surface area (Å²) in [7, 11) is 0. The molecule has 5 rings (SSSR count). The summed E-state index contributed by atoms with van der Waals surface area (Å²) in [5.41, 5.74) is 8.75. The Hall–Kier alpha value is -3.60. The molecule has 160 valence electrons. The SMILES string of the molecule is Cc1noc(C)c1CN1CCN(c2nc(N)n3nc(-c4cccc(F)c4)nc3n2)CC1. The molecule has 1 saturated heterocycles. The normalized spacial score (nSPS) is 15.1. The summed E-state index contributed by atoms with van der Waals surface area (Å²) >= 11 is 0. The first-order valence-electron chi connectivity index (χ1n) is 10.0. The van der Waals surface area contributed by atoms with Crippen molar-refractivity contribution in [1.82, 2.24) is 34.6 Å². The van der Waals surface area contributed by atoms with Crippen LogP contribution >= 0.6 is 0 Å². The van der Waals surface area contributed by atoms with E-state index in [1.54, 1.807) is 12.1 Å². The van der Waals surface area contributed by atoms with Gasteiger partial charge in [0.05, 0.1) is 5.69 Å². The number of piperazine rings is 1. The minimum atomic E-state index is -0.356. The van der Waals surface area contributed by atoms with E-state index >= 15 is 0 Å². The second kappa shape index (κ2) is 7.58. The Morgan fingerprint density at radius 1 is 1.10 bits per heavy atom. The molecule has 10 nitrogen and oxygen atoms in total. The maximum absolute atomic E-state index is 13.6. The van der Waals surface area contributed by atoms with Crippen molar-refractivity contribution < 1.29 is 8.91 Å². The molecule has 4 aromatic rings. The van der Waals surface area contributed by atoms with Crippen LogP contribution in [0.4, 0.5) is 16.3 Å². The number of aromatic nitrogens is 6. The van der Waals surface area contributed by atoms with Crippen LogP contribution in [0.1, 0.15) is 17.0 Å². The van der Waals surface area contributed by atoms with Crippen LogP contribution in [0.15, 0.2) is 28.8 Å². The lowest BCUT2D eigenvalue weighted by atomic mass is 10.2. The molecule has 2 N–H and O–H groups in total. The van der Waals surface area contributed by atoms with Crippen LogP contribution in [-0.4, -0.2) is 60.8 Å². The van der Waals surface area contributed by atoms with E-state index in [1.165, 1.54) is 16.6 Å². The summed E-state index contributed by atoms with van der Waals surface area (Å²) in [5.74, 6) is 1.89. The Kier molecular flexibility index (Phi) is 4.74. The first-order chi connectivity index (χ1) is 15.0. The zero-order valence-corrected chi connectivity index (χ0v) is 17.3. The molecule has 0 atom stereocenters. The number of nitrogens with zero attached hydrogens (tertiary/aromatic N) is 8. The third kappa shape index (κ3) is 3.67. The summed E-state index contributed by atoms with van der Waals surface area (Å²) < 4.78 is 20.2. The van der Waals surface area contributed by atoms with Crippen molar-refractivity contribution in [2.75, 3.05) is 36.8 Å². The fraction of sp³-hybridized carbons (Fsp3) is 0.350. The summed E-state index contributed by atoms with van der Waals surface area (Å²) in [6, 6.07) is 6.09. The second-order valence-electron chi connectivity index (χ2n) is 7.61. The molecule has 0 aliphatic carbocycles. The van der Waals surface area contributed by atoms with Gasteiger partial charge in [0.25, 0.3) is 5.78 Å². The molecule has 11 heteroatoms. The minimum Gasteiger partial charge on any atom is -0.368 e. The van der Waals surface area contributed by atoms with Gasteiger partial charge in [-0.1, -0.05) is 17.3 Å². The smallest absolute Gasteiger partial charge is 0.259 e. The second-order valence-corrected chi connectivity index (χ2v) is 7.61. The van der Waals surface area contributed by atoms with Crippen LogP contribution < -0.4 is 10.6 Å². The van der Waals surface area contributed by atoms with Gasteiger partial charge in [-0.05, 0) is 26.0 Å². The Bertz CT molecular complexity index is 1220. The highest BCUT2D eigenvalue weighted by atomic mass is 19.1. The van der Waals surface area contributed by atoms with Crippen molar-refractivity contribution in [1.29, 1.82) is 0 Å². The van der Waals surface area contributed by atoms with E-state index < -0.39 is 0 Å². The lowest BCUT2D eigenvalue weighted by Crippen LogP contribution is -2.46. The Morgan fingerprint density at radius 2 is 1.90 bits per heavy atom. The minimum absolute atomic E-state index is 0.188. The fourth-order valence-corrected chi connectivity index (χ4v) is 3.74. The topological polar surface area (TPSA) is 114 Å². The van der Waals surface area contributed by atoms with Crippen LogP contribution in [0.3, 0.4) is 0 Å². The van der Waals surface area contributed by atoms with Crippen molar-refractivity contribution in [3.63, 3.8) is 0 Å². The molecule has 4 heterocycles. The summed E-state index contributed by atoms with van der Waals surface area (Å²) in [5, 5.41) is 8.36. The number of aryl methyl sites for hydroxylation is 2. The molecule has 0 radical (unpaired) electrons. The van der Waals surface area contributed by atoms with Crippen LogP contribution in [0.2, 0.25) is 0 Å². The molecule has 0 amide bonds. The van der Waals surface area contributed by atoms with E-state index in [0.717, 1.165) is 49.7 Å². The number of benzene rings is 1. The highest BCUT2D eigenvalue weighted by molar-refractivity contribution is 5.58. The van der Waals surface area contributed by atoms with Crippen molar-refractivity contribution in [3.8, 4) is 11.4 Å². The van der Waals surface area contributed by atoms with Gasteiger partial charge in [-0.3, -0.25) is 4.90 Å². The third-order valence-corrected chi connectivity index (χ3v) is 5.52. The van der Waals surface area contributed by atoms with Gasteiger partial charge in [0.15, 0.2) is 5.82 Å². The van der Waals surface area contributed by atoms with Crippen molar-refractivity contribution >= 4 is 17.7 Å². The molecule has 0 unspecified atom stereocenters. The monoisotopic (exact) mass is 423 g/mol. The zero-order valence-electron chi connectivity index (χ0n) is 17.3. The lowest BCUT2D eigenvalue weighted by molar-refractivity contribution is 0.247. The van der Waals surface area contributed by atoms with Crippen LogP contribution in [0.25, 0.3) is 17.2 Å². The average molecular weight is 423 g/mol. The van der Waals surface area contributed by atoms with Crippen LogP contribution in [0.5, 0.6) is 0 Å². The van der Waals surface area contributed by atoms with Gasteiger partial charge >= 0.3 is 0 Å². The molecule has 1 aliphatic heterocycles. The van der Waals surface area contributed by atoms with Gasteiger partial charge in [0, 0.05) is 43.9 Å². The number of hydrogen-bond acceptors (Lipinski definition) is 9. The number of nitrogen functional groups attached to an aromatic ring is 1. The quantitative estimate of drug-likeness (QED) is 0.525. The van der Waals surface area contributed by atoms with Gasteiger partial charge in [0.2, 0.25) is 11.9 Å². The third-order valence-electron chi connectivity index (χ3n) is 5.52. The van der Waals surface area contributed by atoms with Crippen molar-refractivity contribution in [2.24, 2.45) is 0 Å². The summed E-state index contributed by atoms with van der Waals surface area (Å²) in [4.78, 5) is 17.8. The number of nitrogens with two attached hydrogens (primary N) is 1. The largest absolute Gasteiger partial charge is 0.368 e. The van der Waals surface area contributed by atoms with E-state index in [9.17, 15) is 4.39 Å². The molecule has 31 heavy (non-hydrogen) atoms. The highest BCUT2D eigenvalue weighted by Crippen LogP contribution is 2.21. The zero-order chi connectivity index (χ0) is 21.5. The van der Waals surface area contributed by atoms with Gasteiger partial charge in [-0.15, -0.1) is 5.10 Å². The Morgan fingerprint density at radius 3 is 2.61 bits per heavy atom. The molecular weight excluding hydrogens is 401 g/mol. The molecule has 3 aromatic heterocycles. The van der Waals surface area contributed by atoms with Gasteiger partial charge in [0.1, 0.15) is 11.6 Å². The standard InChI is InChI=1S/C20H22FN9O/c1-12-16(13(2)31-27-12)11-28-6-8-29(9-7-28)19-24-18(22)30-20(25-19)23-17(26-30)14-4-3-5-15(21)10-14/h3-5,10H,6-9,11H2,1-2H3,(H2,22,23,24,25,26). The van der Waals surface area contributed by atoms with Gasteiger partial charge in [-0.2, -0.15) is 19.5 Å². The predicted molar refractivity (Wildman–Crippen MR) is 112 cm³/mol. The molecular formula is C20H22FN9O. The summed E-state index contributed by atoms with van der Waals surface area (Å²) in [6.07, 6.45) is 0. The maximum atomic E-state index is 13.6. The molecule has 0 bridgehead atoms. The number of rotatable bonds is 4. The fourth-order valence-electron chi connectivity index (χ4n) is 3.74. The van der Waals surface area contributed by atoms with E-state index in [4.69, 9.17) is 10.3 Å². The van der Waals surface area contributed by atoms with Gasteiger partial charge < -0.3 is 15.2 Å². The molecule has 1 aliphatic rings. The molecule has 0 spiro atoms. The molecule has 1 fully saturated rings. The van der Waals surface area contributed by atoms with E-state index in [1.807, 2.05) is 13.8 Å². The highest BCUT2D eigenvalue weighted by Gasteiger charge is 2.23. The van der Waals surface area contributed by atoms with E-state index in [2.05, 4.69) is 35.0 Å². The number of hydrogen-bond donors (Lipinski definition) is 1. The van der Waals surface area contributed by atoms with Crippen molar-refractivity contribution in [3.05, 3.63) is 47.1 Å². The van der Waals surface area contributed by atoms with E-state index in [-0.39, 0.29) is 11.8 Å². The van der Waals surface area contributed by atoms with Crippen LogP contribution in [0, 0.1) is 19.7 Å². The number of halogens is 1. The number of anilines is 2. The van der Waals surface area contributed by atoms with E-state index in [0.29, 0.717) is 23.1 Å². The molecule has 1 aromatic carbocycles. The van der Waals surface area contributed by atoms with Gasteiger partial charge in [-0.25, -0.2) is 4.39 Å². The van der Waals surface area contributed by atoms with Crippen molar-refractivity contribution in [2.45, 2.75) is 20.4 Å².